The SMILES string of the molecule is C=CCOC(=O)/C=C/c1ccc(-c2ccc(Br)cc2)o1. The molecule has 102 valence electrons. The quantitative estimate of drug-likeness (QED) is 0.461. The normalized spacial score (nSPS) is 10.7. The number of carbonyl (C=O) groups excluding carboxylic acids is 1. The second-order valence-corrected chi connectivity index (χ2v) is 4.88. The zero-order chi connectivity index (χ0) is 14.4. The fourth-order valence-electron chi connectivity index (χ4n) is 1.55. The van der Waals surface area contributed by atoms with Gasteiger partial charge in [-0.3, -0.25) is 0 Å². The number of halogens is 1. The molecule has 0 spiro atoms. The van der Waals surface area contributed by atoms with Crippen LogP contribution in [-0.2, 0) is 9.53 Å². The Morgan fingerprint density at radius 1 is 1.25 bits per heavy atom. The largest absolute Gasteiger partial charge is 0.458 e. The maximum absolute atomic E-state index is 11.3. The van der Waals surface area contributed by atoms with Gasteiger partial charge in [0.2, 0.25) is 0 Å². The minimum Gasteiger partial charge on any atom is -0.458 e. The van der Waals surface area contributed by atoms with Crippen LogP contribution in [0.5, 0.6) is 0 Å². The monoisotopic (exact) mass is 332 g/mol. The van der Waals surface area contributed by atoms with Crippen molar-refractivity contribution in [3.63, 3.8) is 0 Å². The van der Waals surface area contributed by atoms with Crippen LogP contribution < -0.4 is 0 Å². The van der Waals surface area contributed by atoms with Gasteiger partial charge >= 0.3 is 5.97 Å². The van der Waals surface area contributed by atoms with Crippen molar-refractivity contribution in [2.24, 2.45) is 0 Å². The molecule has 0 N–H and O–H groups in total. The third-order valence-electron chi connectivity index (χ3n) is 2.48. The van der Waals surface area contributed by atoms with E-state index >= 15 is 0 Å². The van der Waals surface area contributed by atoms with Crippen LogP contribution in [0.1, 0.15) is 5.76 Å². The molecule has 1 aromatic carbocycles. The van der Waals surface area contributed by atoms with Gasteiger partial charge in [-0.25, -0.2) is 4.79 Å². The number of carbonyl (C=O) groups is 1. The van der Waals surface area contributed by atoms with Gasteiger partial charge < -0.3 is 9.15 Å². The fraction of sp³-hybridized carbons (Fsp3) is 0.0625. The summed E-state index contributed by atoms with van der Waals surface area (Å²) in [7, 11) is 0. The number of ether oxygens (including phenoxy) is 1. The van der Waals surface area contributed by atoms with Crippen LogP contribution in [0.15, 0.2) is 64.0 Å². The van der Waals surface area contributed by atoms with Crippen LogP contribution in [0, 0.1) is 0 Å². The van der Waals surface area contributed by atoms with Crippen molar-refractivity contribution in [3.05, 3.63) is 65.4 Å². The maximum Gasteiger partial charge on any atom is 0.331 e. The highest BCUT2D eigenvalue weighted by Crippen LogP contribution is 2.24. The van der Waals surface area contributed by atoms with E-state index < -0.39 is 5.97 Å². The fourth-order valence-corrected chi connectivity index (χ4v) is 1.82. The summed E-state index contributed by atoms with van der Waals surface area (Å²) < 4.78 is 11.5. The van der Waals surface area contributed by atoms with Crippen LogP contribution in [0.2, 0.25) is 0 Å². The Morgan fingerprint density at radius 2 is 2.00 bits per heavy atom. The lowest BCUT2D eigenvalue weighted by atomic mass is 10.2. The zero-order valence-corrected chi connectivity index (χ0v) is 12.3. The van der Waals surface area contributed by atoms with E-state index in [4.69, 9.17) is 9.15 Å². The van der Waals surface area contributed by atoms with Gasteiger partial charge in [0.15, 0.2) is 0 Å². The molecule has 0 saturated carbocycles. The molecule has 20 heavy (non-hydrogen) atoms. The first-order valence-electron chi connectivity index (χ1n) is 6.00. The van der Waals surface area contributed by atoms with E-state index in [0.29, 0.717) is 5.76 Å². The predicted octanol–water partition coefficient (Wildman–Crippen LogP) is 4.45. The summed E-state index contributed by atoms with van der Waals surface area (Å²) in [6, 6.07) is 11.5. The zero-order valence-electron chi connectivity index (χ0n) is 10.7. The molecule has 0 aliphatic carbocycles. The molecular weight excluding hydrogens is 320 g/mol. The Hall–Kier alpha value is -2.07. The van der Waals surface area contributed by atoms with E-state index in [-0.39, 0.29) is 6.61 Å². The van der Waals surface area contributed by atoms with Crippen molar-refractivity contribution in [2.75, 3.05) is 6.61 Å². The van der Waals surface area contributed by atoms with Crippen LogP contribution in [0.4, 0.5) is 0 Å². The molecule has 2 aromatic rings. The van der Waals surface area contributed by atoms with Gasteiger partial charge in [0.05, 0.1) is 0 Å². The molecule has 2 rings (SSSR count). The lowest BCUT2D eigenvalue weighted by Crippen LogP contribution is -1.99. The van der Waals surface area contributed by atoms with Crippen LogP contribution in [-0.4, -0.2) is 12.6 Å². The highest BCUT2D eigenvalue weighted by molar-refractivity contribution is 9.10. The van der Waals surface area contributed by atoms with Crippen molar-refractivity contribution >= 4 is 28.0 Å². The summed E-state index contributed by atoms with van der Waals surface area (Å²) in [5.41, 5.74) is 0.974. The maximum atomic E-state index is 11.3. The van der Waals surface area contributed by atoms with Gasteiger partial charge in [-0.15, -0.1) is 0 Å². The second-order valence-electron chi connectivity index (χ2n) is 3.96. The molecule has 0 aliphatic heterocycles. The average molecular weight is 333 g/mol. The van der Waals surface area contributed by atoms with Gasteiger partial charge in [0.25, 0.3) is 0 Å². The van der Waals surface area contributed by atoms with Crippen LogP contribution >= 0.6 is 15.9 Å². The smallest absolute Gasteiger partial charge is 0.331 e. The highest BCUT2D eigenvalue weighted by atomic mass is 79.9. The second kappa shape index (κ2) is 6.91. The van der Waals surface area contributed by atoms with Crippen molar-refractivity contribution in [1.82, 2.24) is 0 Å². The van der Waals surface area contributed by atoms with Gasteiger partial charge in [-0.1, -0.05) is 40.7 Å². The summed E-state index contributed by atoms with van der Waals surface area (Å²) in [4.78, 5) is 11.3. The Balaban J connectivity index is 2.05. The molecule has 3 nitrogen and oxygen atoms in total. The minimum absolute atomic E-state index is 0.200. The predicted molar refractivity (Wildman–Crippen MR) is 82.0 cm³/mol. The standard InChI is InChI=1S/C16H13BrO3/c1-2-11-19-16(18)10-8-14-7-9-15(20-14)12-3-5-13(17)6-4-12/h2-10H,1,11H2/b10-8+. The van der Waals surface area contributed by atoms with Crippen LogP contribution in [0.3, 0.4) is 0 Å². The van der Waals surface area contributed by atoms with Crippen LogP contribution in [0.25, 0.3) is 17.4 Å². The number of rotatable bonds is 5. The van der Waals surface area contributed by atoms with E-state index in [1.807, 2.05) is 30.3 Å². The minimum atomic E-state index is -0.425. The molecule has 0 bridgehead atoms. The van der Waals surface area contributed by atoms with E-state index in [1.54, 1.807) is 12.1 Å². The number of benzene rings is 1. The Bertz CT molecular complexity index is 623. The third-order valence-corrected chi connectivity index (χ3v) is 3.01. The lowest BCUT2D eigenvalue weighted by molar-refractivity contribution is -0.136. The Kier molecular flexibility index (Phi) is 4.96. The van der Waals surface area contributed by atoms with Crippen molar-refractivity contribution in [2.45, 2.75) is 0 Å². The Labute approximate surface area is 125 Å². The van der Waals surface area contributed by atoms with E-state index in [0.717, 1.165) is 15.8 Å². The van der Waals surface area contributed by atoms with E-state index in [2.05, 4.69) is 22.5 Å². The summed E-state index contributed by atoms with van der Waals surface area (Å²) in [5.74, 6) is 0.918. The van der Waals surface area contributed by atoms with Crippen molar-refractivity contribution in [3.8, 4) is 11.3 Å². The van der Waals surface area contributed by atoms with Gasteiger partial charge in [-0.2, -0.15) is 0 Å². The highest BCUT2D eigenvalue weighted by Gasteiger charge is 2.03. The van der Waals surface area contributed by atoms with Gasteiger partial charge in [-0.05, 0) is 30.3 Å². The van der Waals surface area contributed by atoms with E-state index in [9.17, 15) is 4.79 Å². The first-order chi connectivity index (χ1) is 9.69. The van der Waals surface area contributed by atoms with Crippen molar-refractivity contribution in [1.29, 1.82) is 0 Å². The Morgan fingerprint density at radius 3 is 2.70 bits per heavy atom. The van der Waals surface area contributed by atoms with E-state index in [1.165, 1.54) is 12.2 Å². The summed E-state index contributed by atoms with van der Waals surface area (Å²) >= 11 is 3.38. The number of hydrogen-bond donors (Lipinski definition) is 0. The summed E-state index contributed by atoms with van der Waals surface area (Å²) in [6.45, 7) is 3.67. The molecule has 0 radical (unpaired) electrons. The molecule has 1 heterocycles. The van der Waals surface area contributed by atoms with Crippen molar-refractivity contribution < 1.29 is 13.9 Å². The molecule has 0 aliphatic rings. The number of esters is 1. The lowest BCUT2D eigenvalue weighted by Gasteiger charge is -1.97. The number of furan rings is 1. The molecule has 0 unspecified atom stereocenters. The molecule has 0 atom stereocenters. The molecular formula is C16H13BrO3. The molecule has 0 fully saturated rings. The first kappa shape index (κ1) is 14.3. The van der Waals surface area contributed by atoms with Gasteiger partial charge in [0.1, 0.15) is 18.1 Å². The topological polar surface area (TPSA) is 39.4 Å². The average Bonchev–Trinajstić information content (AvgIpc) is 2.92. The summed E-state index contributed by atoms with van der Waals surface area (Å²) in [6.07, 6.45) is 4.42. The molecule has 4 heteroatoms. The third kappa shape index (κ3) is 3.96. The summed E-state index contributed by atoms with van der Waals surface area (Å²) in [5, 5.41) is 0. The molecule has 1 aromatic heterocycles. The molecule has 0 amide bonds. The first-order valence-corrected chi connectivity index (χ1v) is 6.80. The molecule has 0 saturated heterocycles. The number of hydrogen-bond acceptors (Lipinski definition) is 3. The van der Waals surface area contributed by atoms with Gasteiger partial charge in [0, 0.05) is 16.1 Å².